The standard InChI is InChI=1S/C17H16N2O6/c18-15(12-4-2-1-3-5-12)14(16(20)21)17(22)25-10-11-6-8-13(9-7-11)19(23)24/h1-9,14-15H,10,18H2,(H,20,21). The van der Waals surface area contributed by atoms with Crippen molar-refractivity contribution in [2.75, 3.05) is 0 Å². The molecule has 2 atom stereocenters. The lowest BCUT2D eigenvalue weighted by molar-refractivity contribution is -0.384. The minimum atomic E-state index is -1.56. The third-order valence-corrected chi connectivity index (χ3v) is 3.59. The molecule has 25 heavy (non-hydrogen) atoms. The molecule has 0 saturated heterocycles. The number of esters is 1. The maximum atomic E-state index is 12.2. The van der Waals surface area contributed by atoms with Crippen LogP contribution in [0.2, 0.25) is 0 Å². The predicted octanol–water partition coefficient (Wildman–Crippen LogP) is 2.04. The number of non-ortho nitro benzene ring substituents is 1. The summed E-state index contributed by atoms with van der Waals surface area (Å²) in [5.41, 5.74) is 6.81. The van der Waals surface area contributed by atoms with E-state index in [0.29, 0.717) is 11.1 Å². The maximum Gasteiger partial charge on any atom is 0.322 e. The summed E-state index contributed by atoms with van der Waals surface area (Å²) < 4.78 is 5.02. The van der Waals surface area contributed by atoms with Crippen LogP contribution in [0, 0.1) is 16.0 Å². The molecule has 0 bridgehead atoms. The average molecular weight is 344 g/mol. The van der Waals surface area contributed by atoms with Crippen LogP contribution in [-0.4, -0.2) is 22.0 Å². The Morgan fingerprint density at radius 2 is 1.72 bits per heavy atom. The van der Waals surface area contributed by atoms with E-state index in [9.17, 15) is 24.8 Å². The number of rotatable bonds is 7. The van der Waals surface area contributed by atoms with Gasteiger partial charge in [0.25, 0.3) is 5.69 Å². The number of nitro benzene ring substituents is 1. The molecule has 2 unspecified atom stereocenters. The first-order chi connectivity index (χ1) is 11.9. The Bertz CT molecular complexity index is 760. The van der Waals surface area contributed by atoms with Crippen molar-refractivity contribution in [3.63, 3.8) is 0 Å². The normalized spacial score (nSPS) is 12.8. The van der Waals surface area contributed by atoms with E-state index in [4.69, 9.17) is 10.5 Å². The Balaban J connectivity index is 2.05. The number of nitrogens with zero attached hydrogens (tertiary/aromatic N) is 1. The zero-order valence-corrected chi connectivity index (χ0v) is 13.1. The second kappa shape index (κ2) is 8.02. The fourth-order valence-electron chi connectivity index (χ4n) is 2.23. The van der Waals surface area contributed by atoms with Crippen LogP contribution < -0.4 is 5.73 Å². The van der Waals surface area contributed by atoms with Gasteiger partial charge in [-0.15, -0.1) is 0 Å². The van der Waals surface area contributed by atoms with Crippen LogP contribution in [0.4, 0.5) is 5.69 Å². The molecule has 2 aromatic carbocycles. The fourth-order valence-corrected chi connectivity index (χ4v) is 2.23. The average Bonchev–Trinajstić information content (AvgIpc) is 2.60. The van der Waals surface area contributed by atoms with E-state index in [0.717, 1.165) is 0 Å². The summed E-state index contributed by atoms with van der Waals surface area (Å²) in [7, 11) is 0. The molecule has 0 saturated carbocycles. The molecule has 2 rings (SSSR count). The number of benzene rings is 2. The molecule has 0 spiro atoms. The Morgan fingerprint density at radius 3 is 2.24 bits per heavy atom. The van der Waals surface area contributed by atoms with Crippen molar-refractivity contribution in [2.24, 2.45) is 11.7 Å². The predicted molar refractivity (Wildman–Crippen MR) is 87.4 cm³/mol. The first-order valence-electron chi connectivity index (χ1n) is 7.33. The van der Waals surface area contributed by atoms with E-state index in [1.807, 2.05) is 0 Å². The molecule has 0 aromatic heterocycles. The van der Waals surface area contributed by atoms with E-state index in [2.05, 4.69) is 0 Å². The Labute approximate surface area is 143 Å². The third kappa shape index (κ3) is 4.61. The van der Waals surface area contributed by atoms with Gasteiger partial charge in [-0.25, -0.2) is 0 Å². The minimum Gasteiger partial charge on any atom is -0.481 e. The van der Waals surface area contributed by atoms with Gasteiger partial charge in [-0.2, -0.15) is 0 Å². The van der Waals surface area contributed by atoms with Crippen LogP contribution in [-0.2, 0) is 20.9 Å². The highest BCUT2D eigenvalue weighted by molar-refractivity contribution is 5.95. The topological polar surface area (TPSA) is 133 Å². The summed E-state index contributed by atoms with van der Waals surface area (Å²) in [5, 5.41) is 19.9. The van der Waals surface area contributed by atoms with E-state index in [-0.39, 0.29) is 12.3 Å². The molecule has 0 heterocycles. The van der Waals surface area contributed by atoms with E-state index >= 15 is 0 Å². The third-order valence-electron chi connectivity index (χ3n) is 3.59. The van der Waals surface area contributed by atoms with Gasteiger partial charge in [-0.1, -0.05) is 30.3 Å². The number of nitrogens with two attached hydrogens (primary N) is 1. The van der Waals surface area contributed by atoms with Gasteiger partial charge < -0.3 is 15.6 Å². The lowest BCUT2D eigenvalue weighted by Crippen LogP contribution is -2.35. The second-order valence-corrected chi connectivity index (χ2v) is 5.28. The number of carbonyl (C=O) groups is 2. The maximum absolute atomic E-state index is 12.2. The Kier molecular flexibility index (Phi) is 5.80. The Hall–Kier alpha value is -3.26. The number of carbonyl (C=O) groups excluding carboxylic acids is 1. The molecule has 0 aliphatic rings. The molecule has 2 aromatic rings. The van der Waals surface area contributed by atoms with Crippen LogP contribution >= 0.6 is 0 Å². The SMILES string of the molecule is NC(c1ccccc1)C(C(=O)O)C(=O)OCc1ccc([N+](=O)[O-])cc1. The van der Waals surface area contributed by atoms with Gasteiger partial charge in [-0.05, 0) is 23.3 Å². The molecule has 8 heteroatoms. The summed E-state index contributed by atoms with van der Waals surface area (Å²) in [5.74, 6) is -3.91. The van der Waals surface area contributed by atoms with Crippen molar-refractivity contribution in [3.05, 3.63) is 75.8 Å². The van der Waals surface area contributed by atoms with Crippen molar-refractivity contribution in [2.45, 2.75) is 12.6 Å². The number of carboxylic acid groups (broad SMARTS) is 1. The van der Waals surface area contributed by atoms with Crippen molar-refractivity contribution < 1.29 is 24.4 Å². The Morgan fingerprint density at radius 1 is 1.12 bits per heavy atom. The van der Waals surface area contributed by atoms with Crippen LogP contribution in [0.15, 0.2) is 54.6 Å². The first kappa shape index (κ1) is 18.1. The van der Waals surface area contributed by atoms with Crippen molar-refractivity contribution >= 4 is 17.6 Å². The summed E-state index contributed by atoms with van der Waals surface area (Å²) in [6, 6.07) is 12.7. The largest absolute Gasteiger partial charge is 0.481 e. The van der Waals surface area contributed by atoms with Crippen molar-refractivity contribution in [1.82, 2.24) is 0 Å². The van der Waals surface area contributed by atoms with Crippen molar-refractivity contribution in [3.8, 4) is 0 Å². The summed E-state index contributed by atoms with van der Waals surface area (Å²) >= 11 is 0. The fraction of sp³-hybridized carbons (Fsp3) is 0.176. The zero-order valence-electron chi connectivity index (χ0n) is 13.1. The number of aliphatic carboxylic acids is 1. The van der Waals surface area contributed by atoms with Gasteiger partial charge in [0.15, 0.2) is 5.92 Å². The molecule has 8 nitrogen and oxygen atoms in total. The van der Waals surface area contributed by atoms with E-state index < -0.39 is 28.8 Å². The second-order valence-electron chi connectivity index (χ2n) is 5.28. The molecule has 3 N–H and O–H groups in total. The minimum absolute atomic E-state index is 0.0930. The van der Waals surface area contributed by atoms with Gasteiger partial charge in [0.2, 0.25) is 0 Å². The van der Waals surface area contributed by atoms with Crippen LogP contribution in [0.25, 0.3) is 0 Å². The van der Waals surface area contributed by atoms with Gasteiger partial charge in [0.1, 0.15) is 6.61 Å². The van der Waals surface area contributed by atoms with Gasteiger partial charge in [-0.3, -0.25) is 19.7 Å². The summed E-state index contributed by atoms with van der Waals surface area (Å²) in [4.78, 5) is 33.6. The summed E-state index contributed by atoms with van der Waals surface area (Å²) in [6.45, 7) is -0.206. The number of hydrogen-bond acceptors (Lipinski definition) is 6. The first-order valence-corrected chi connectivity index (χ1v) is 7.33. The highest BCUT2D eigenvalue weighted by Gasteiger charge is 2.35. The molecule has 130 valence electrons. The molecule has 0 radical (unpaired) electrons. The number of hydrogen-bond donors (Lipinski definition) is 2. The quantitative estimate of drug-likeness (QED) is 0.340. The number of ether oxygens (including phenoxy) is 1. The van der Waals surface area contributed by atoms with Crippen molar-refractivity contribution in [1.29, 1.82) is 0 Å². The molecular weight excluding hydrogens is 328 g/mol. The van der Waals surface area contributed by atoms with Gasteiger partial charge in [0.05, 0.1) is 11.0 Å². The van der Waals surface area contributed by atoms with E-state index in [1.54, 1.807) is 30.3 Å². The number of carboxylic acids is 1. The van der Waals surface area contributed by atoms with E-state index in [1.165, 1.54) is 24.3 Å². The highest BCUT2D eigenvalue weighted by Crippen LogP contribution is 2.22. The molecule has 0 amide bonds. The van der Waals surface area contributed by atoms with Gasteiger partial charge >= 0.3 is 11.9 Å². The lowest BCUT2D eigenvalue weighted by atomic mass is 9.94. The van der Waals surface area contributed by atoms with Crippen LogP contribution in [0.3, 0.4) is 0 Å². The zero-order chi connectivity index (χ0) is 18.4. The van der Waals surface area contributed by atoms with Crippen LogP contribution in [0.1, 0.15) is 17.2 Å². The molecule has 0 aliphatic heterocycles. The highest BCUT2D eigenvalue weighted by atomic mass is 16.6. The molecule has 0 aliphatic carbocycles. The smallest absolute Gasteiger partial charge is 0.322 e. The summed E-state index contributed by atoms with van der Waals surface area (Å²) in [6.07, 6.45) is 0. The lowest BCUT2D eigenvalue weighted by Gasteiger charge is -2.19. The molecular formula is C17H16N2O6. The van der Waals surface area contributed by atoms with Crippen LogP contribution in [0.5, 0.6) is 0 Å². The number of nitro groups is 1. The monoisotopic (exact) mass is 344 g/mol. The molecule has 0 fully saturated rings. The van der Waals surface area contributed by atoms with Gasteiger partial charge in [0, 0.05) is 12.1 Å².